The summed E-state index contributed by atoms with van der Waals surface area (Å²) < 4.78 is 3.20. The molecule has 0 aliphatic rings. The number of hydrogen-bond donors (Lipinski definition) is 1. The fourth-order valence-corrected chi connectivity index (χ4v) is 1.97. The second-order valence-electron chi connectivity index (χ2n) is 2.39. The lowest BCUT2D eigenvalue weighted by Crippen LogP contribution is -2.02. The van der Waals surface area contributed by atoms with Gasteiger partial charge in [-0.05, 0) is 17.8 Å². The zero-order valence-electron chi connectivity index (χ0n) is 5.87. The number of nitrogens with one attached hydrogen (secondary N) is 1. The van der Waals surface area contributed by atoms with Gasteiger partial charge in [-0.2, -0.15) is 0 Å². The molecule has 1 aromatic heterocycles. The predicted molar refractivity (Wildman–Crippen MR) is 47.3 cm³/mol. The Morgan fingerprint density at radius 1 is 1.27 bits per heavy atom. The minimum Gasteiger partial charge on any atom is -0.393 e. The van der Waals surface area contributed by atoms with Gasteiger partial charge in [0.05, 0.1) is 0 Å². The van der Waals surface area contributed by atoms with Crippen molar-refractivity contribution in [2.24, 2.45) is 0 Å². The van der Waals surface area contributed by atoms with Crippen LogP contribution < -0.4 is 5.43 Å². The topological polar surface area (TPSA) is 32.9 Å². The minimum atomic E-state index is -0.0238. The second kappa shape index (κ2) is 2.43. The van der Waals surface area contributed by atoms with E-state index < -0.39 is 0 Å². The van der Waals surface area contributed by atoms with Crippen LogP contribution in [0.3, 0.4) is 0 Å². The molecule has 0 saturated carbocycles. The van der Waals surface area contributed by atoms with E-state index in [0.29, 0.717) is 0 Å². The highest BCUT2D eigenvalue weighted by molar-refractivity contribution is 6.22. The molecule has 1 aromatic carbocycles. The second-order valence-corrected chi connectivity index (χ2v) is 3.34. The number of para-hydroxylation sites is 1. The highest BCUT2D eigenvalue weighted by Gasteiger charge is 1.92. The van der Waals surface area contributed by atoms with E-state index >= 15 is 0 Å². The Hall–Kier alpha value is -1.22. The third kappa shape index (κ3) is 1.03. The van der Waals surface area contributed by atoms with Crippen molar-refractivity contribution in [3.63, 3.8) is 0 Å². The number of aromatic nitrogens is 1. The molecule has 11 heavy (non-hydrogen) atoms. The first-order valence-electron chi connectivity index (χ1n) is 3.44. The fourth-order valence-electron chi connectivity index (χ4n) is 1.12. The number of H-pyrrole nitrogens is 1. The molecule has 1 heterocycles. The maximum atomic E-state index is 11.2. The molecule has 0 unspecified atom stereocenters. The summed E-state index contributed by atoms with van der Waals surface area (Å²) in [5, 5.41) is 0.797. The SMILES string of the molecule is O=c1c[siH][nH]c2ccccc12. The molecule has 3 heteroatoms. The summed E-state index contributed by atoms with van der Waals surface area (Å²) in [5.41, 5.74) is 2.88. The van der Waals surface area contributed by atoms with E-state index in [1.54, 1.807) is 5.68 Å². The minimum absolute atomic E-state index is 0.0238. The van der Waals surface area contributed by atoms with Crippen molar-refractivity contribution in [3.05, 3.63) is 40.2 Å². The van der Waals surface area contributed by atoms with Crippen molar-refractivity contribution in [2.45, 2.75) is 0 Å². The molecule has 0 bridgehead atoms. The van der Waals surface area contributed by atoms with Crippen LogP contribution in [-0.4, -0.2) is 13.9 Å². The van der Waals surface area contributed by atoms with Crippen LogP contribution in [0, 0.1) is 0 Å². The quantitative estimate of drug-likeness (QED) is 0.564. The molecule has 1 N–H and O–H groups in total. The Morgan fingerprint density at radius 3 is 2.91 bits per heavy atom. The third-order valence-electron chi connectivity index (χ3n) is 1.67. The van der Waals surface area contributed by atoms with E-state index in [0.717, 1.165) is 10.9 Å². The maximum Gasteiger partial charge on any atom is 0.184 e. The van der Waals surface area contributed by atoms with Gasteiger partial charge in [-0.25, -0.2) is 0 Å². The molecule has 0 fully saturated rings. The van der Waals surface area contributed by atoms with Crippen molar-refractivity contribution < 1.29 is 0 Å². The first kappa shape index (κ1) is 6.48. The molecular weight excluding hydrogens is 154 g/mol. The first-order valence-corrected chi connectivity index (χ1v) is 4.69. The van der Waals surface area contributed by atoms with E-state index in [1.807, 2.05) is 24.3 Å². The van der Waals surface area contributed by atoms with E-state index in [9.17, 15) is 4.79 Å². The Kier molecular flexibility index (Phi) is 1.43. The summed E-state index contributed by atoms with van der Waals surface area (Å²) in [6, 6.07) is 7.60. The fraction of sp³-hybridized carbons (Fsp3) is 0. The van der Waals surface area contributed by atoms with Crippen molar-refractivity contribution >= 4 is 20.2 Å². The van der Waals surface area contributed by atoms with Gasteiger partial charge in [-0.1, -0.05) is 12.1 Å². The predicted octanol–water partition coefficient (Wildman–Crippen LogP) is 0.598. The van der Waals surface area contributed by atoms with Gasteiger partial charge in [0.2, 0.25) is 0 Å². The molecule has 0 radical (unpaired) electrons. The summed E-state index contributed by atoms with van der Waals surface area (Å²) in [6.45, 7) is 0. The first-order chi connectivity index (χ1) is 5.38. The lowest BCUT2D eigenvalue weighted by molar-refractivity contribution is 1.57. The summed E-state index contributed by atoms with van der Waals surface area (Å²) in [4.78, 5) is 11.2. The standard InChI is InChI=1S/C8H7NOSi/c10-8-5-11-9-7-4-2-1-3-6(7)8/h1-5,9,11H. The van der Waals surface area contributed by atoms with Crippen LogP contribution in [0.25, 0.3) is 10.9 Å². The molecule has 0 saturated heterocycles. The van der Waals surface area contributed by atoms with Gasteiger partial charge in [-0.15, -0.1) is 0 Å². The van der Waals surface area contributed by atoms with Gasteiger partial charge in [0.25, 0.3) is 0 Å². The number of rotatable bonds is 0. The van der Waals surface area contributed by atoms with Crippen LogP contribution in [0.15, 0.2) is 34.7 Å². The molecule has 2 nitrogen and oxygen atoms in total. The molecule has 0 aliphatic carbocycles. The van der Waals surface area contributed by atoms with Crippen molar-refractivity contribution in [1.29, 1.82) is 0 Å². The molecule has 2 aromatic rings. The van der Waals surface area contributed by atoms with Crippen LogP contribution in [0.1, 0.15) is 0 Å². The number of aromatic amines is 1. The average molecular weight is 161 g/mol. The Morgan fingerprint density at radius 2 is 2.09 bits per heavy atom. The summed E-state index contributed by atoms with van der Waals surface area (Å²) in [5.74, 6) is 0. The lowest BCUT2D eigenvalue weighted by Gasteiger charge is -1.92. The zero-order chi connectivity index (χ0) is 7.68. The van der Waals surface area contributed by atoms with Crippen LogP contribution in [-0.2, 0) is 0 Å². The number of fused-ring (bicyclic) bond motifs is 1. The lowest BCUT2D eigenvalue weighted by atomic mass is 10.2. The van der Waals surface area contributed by atoms with Gasteiger partial charge < -0.3 is 4.64 Å². The van der Waals surface area contributed by atoms with Gasteiger partial charge >= 0.3 is 0 Å². The van der Waals surface area contributed by atoms with Gasteiger partial charge in [0.15, 0.2) is 5.43 Å². The van der Waals surface area contributed by atoms with Crippen molar-refractivity contribution in [1.82, 2.24) is 4.64 Å². The van der Waals surface area contributed by atoms with Crippen LogP contribution in [0.4, 0.5) is 0 Å². The van der Waals surface area contributed by atoms with Gasteiger partial charge in [0, 0.05) is 10.9 Å². The summed E-state index contributed by atoms with van der Waals surface area (Å²) in [7, 11) is -0.0238. The summed E-state index contributed by atoms with van der Waals surface area (Å²) in [6.07, 6.45) is 0. The van der Waals surface area contributed by atoms with Crippen molar-refractivity contribution in [2.75, 3.05) is 0 Å². The molecular formula is C8H7NOSi. The van der Waals surface area contributed by atoms with Gasteiger partial charge in [-0.3, -0.25) is 4.79 Å². The van der Waals surface area contributed by atoms with Crippen molar-refractivity contribution in [3.8, 4) is 0 Å². The Balaban J connectivity index is 3.03. The van der Waals surface area contributed by atoms with E-state index in [4.69, 9.17) is 0 Å². The number of hydrogen-bond acceptors (Lipinski definition) is 1. The average Bonchev–Trinajstić information content (AvgIpc) is 2.06. The zero-order valence-corrected chi connectivity index (χ0v) is 7.03. The monoisotopic (exact) mass is 161 g/mol. The van der Waals surface area contributed by atoms with E-state index in [1.165, 1.54) is 0 Å². The Bertz CT molecular complexity index is 430. The maximum absolute atomic E-state index is 11.2. The Labute approximate surface area is 65.7 Å². The molecule has 54 valence electrons. The highest BCUT2D eigenvalue weighted by atomic mass is 28.2. The third-order valence-corrected chi connectivity index (χ3v) is 2.61. The normalized spacial score (nSPS) is 10.2. The van der Waals surface area contributed by atoms with Crippen LogP contribution >= 0.6 is 0 Å². The van der Waals surface area contributed by atoms with E-state index in [-0.39, 0.29) is 14.7 Å². The molecule has 0 aliphatic heterocycles. The van der Waals surface area contributed by atoms with Crippen LogP contribution in [0.5, 0.6) is 0 Å². The molecule has 0 spiro atoms. The largest absolute Gasteiger partial charge is 0.393 e. The smallest absolute Gasteiger partial charge is 0.184 e. The summed E-state index contributed by atoms with van der Waals surface area (Å²) >= 11 is 0. The number of benzene rings is 1. The van der Waals surface area contributed by atoms with Crippen LogP contribution in [0.2, 0.25) is 0 Å². The van der Waals surface area contributed by atoms with Gasteiger partial charge in [0.1, 0.15) is 9.29 Å². The molecule has 0 amide bonds. The highest BCUT2D eigenvalue weighted by Crippen LogP contribution is 2.02. The molecule has 0 atom stereocenters. The van der Waals surface area contributed by atoms with E-state index in [2.05, 4.69) is 4.64 Å². The molecule has 2 rings (SSSR count).